The Morgan fingerprint density at radius 1 is 1.43 bits per heavy atom. The minimum atomic E-state index is -0.316. The lowest BCUT2D eigenvalue weighted by atomic mass is 9.93. The molecule has 1 fully saturated rings. The van der Waals surface area contributed by atoms with Crippen LogP contribution in [0.1, 0.15) is 24.0 Å². The van der Waals surface area contributed by atoms with Crippen LogP contribution in [0.4, 0.5) is 0 Å². The van der Waals surface area contributed by atoms with Gasteiger partial charge in [-0.25, -0.2) is 0 Å². The summed E-state index contributed by atoms with van der Waals surface area (Å²) in [7, 11) is 5.45. The summed E-state index contributed by atoms with van der Waals surface area (Å²) in [6, 6.07) is 6.12. The maximum Gasteiger partial charge on any atom is 0.233 e. The Kier molecular flexibility index (Phi) is 6.05. The molecule has 118 valence electrons. The minimum Gasteiger partial charge on any atom is -0.496 e. The molecule has 2 rings (SSSR count). The van der Waals surface area contributed by atoms with E-state index in [4.69, 9.17) is 4.74 Å². The molecule has 0 bridgehead atoms. The van der Waals surface area contributed by atoms with Gasteiger partial charge in [-0.15, -0.1) is 12.4 Å². The van der Waals surface area contributed by atoms with E-state index in [1.807, 2.05) is 38.1 Å². The van der Waals surface area contributed by atoms with Crippen LogP contribution in [-0.2, 0) is 10.2 Å². The molecule has 21 heavy (non-hydrogen) atoms. The molecule has 1 aromatic carbocycles. The van der Waals surface area contributed by atoms with E-state index in [9.17, 15) is 4.79 Å². The lowest BCUT2D eigenvalue weighted by molar-refractivity contribution is -0.132. The van der Waals surface area contributed by atoms with Crippen LogP contribution in [-0.4, -0.2) is 45.1 Å². The number of methoxy groups -OCH3 is 1. The Hall–Kier alpha value is -1.26. The number of amides is 1. The number of rotatable bonds is 6. The van der Waals surface area contributed by atoms with Crippen molar-refractivity contribution in [1.82, 2.24) is 10.2 Å². The summed E-state index contributed by atoms with van der Waals surface area (Å²) in [4.78, 5) is 14.5. The number of nitrogens with one attached hydrogen (secondary N) is 1. The summed E-state index contributed by atoms with van der Waals surface area (Å²) < 4.78 is 5.38. The van der Waals surface area contributed by atoms with Gasteiger partial charge in [-0.1, -0.05) is 12.1 Å². The van der Waals surface area contributed by atoms with Crippen molar-refractivity contribution in [3.8, 4) is 5.75 Å². The molecule has 0 heterocycles. The largest absolute Gasteiger partial charge is 0.496 e. The number of nitrogens with zero attached hydrogens (tertiary/aromatic N) is 1. The predicted octanol–water partition coefficient (Wildman–Crippen LogP) is 2.13. The fourth-order valence-electron chi connectivity index (χ4n) is 2.62. The number of benzene rings is 1. The third-order valence-electron chi connectivity index (χ3n) is 4.16. The standard InChI is InChI=1S/C16H24N2O2.ClH/c1-12-5-6-13(11-14(12)20-4)16(7-8-16)15(19)18(3)10-9-17-2;/h5-6,11,17H,7-10H2,1-4H3;1H. The van der Waals surface area contributed by atoms with Gasteiger partial charge in [-0.05, 0) is 44.0 Å². The van der Waals surface area contributed by atoms with Crippen LogP contribution in [0.25, 0.3) is 0 Å². The molecule has 0 spiro atoms. The van der Waals surface area contributed by atoms with Crippen LogP contribution < -0.4 is 10.1 Å². The van der Waals surface area contributed by atoms with Crippen LogP contribution in [0.15, 0.2) is 18.2 Å². The van der Waals surface area contributed by atoms with E-state index < -0.39 is 0 Å². The highest BCUT2D eigenvalue weighted by Gasteiger charge is 2.52. The van der Waals surface area contributed by atoms with Gasteiger partial charge in [0.25, 0.3) is 0 Å². The Balaban J connectivity index is 0.00000220. The second-order valence-electron chi connectivity index (χ2n) is 5.60. The van der Waals surface area contributed by atoms with Crippen molar-refractivity contribution in [3.05, 3.63) is 29.3 Å². The number of carbonyl (C=O) groups is 1. The number of aryl methyl sites for hydroxylation is 1. The zero-order valence-electron chi connectivity index (χ0n) is 13.2. The van der Waals surface area contributed by atoms with Gasteiger partial charge in [0.05, 0.1) is 12.5 Å². The highest BCUT2D eigenvalue weighted by atomic mass is 35.5. The number of carbonyl (C=O) groups excluding carboxylic acids is 1. The Labute approximate surface area is 133 Å². The summed E-state index contributed by atoms with van der Waals surface area (Å²) in [6.07, 6.45) is 1.86. The molecule has 0 aromatic heterocycles. The molecule has 0 unspecified atom stereocenters. The molecule has 0 saturated heterocycles. The average molecular weight is 313 g/mol. The number of ether oxygens (including phenoxy) is 1. The molecule has 1 aliphatic rings. The molecule has 5 heteroatoms. The maximum atomic E-state index is 12.7. The Bertz CT molecular complexity index is 501. The van der Waals surface area contributed by atoms with Crippen molar-refractivity contribution in [2.75, 3.05) is 34.3 Å². The minimum absolute atomic E-state index is 0. The quantitative estimate of drug-likeness (QED) is 0.875. The van der Waals surface area contributed by atoms with Crippen molar-refractivity contribution in [1.29, 1.82) is 0 Å². The molecule has 1 N–H and O–H groups in total. The van der Waals surface area contributed by atoms with Gasteiger partial charge < -0.3 is 15.0 Å². The van der Waals surface area contributed by atoms with E-state index in [-0.39, 0.29) is 23.7 Å². The maximum absolute atomic E-state index is 12.7. The number of hydrogen-bond acceptors (Lipinski definition) is 3. The Morgan fingerprint density at radius 3 is 2.62 bits per heavy atom. The van der Waals surface area contributed by atoms with Crippen molar-refractivity contribution in [2.45, 2.75) is 25.2 Å². The summed E-state index contributed by atoms with van der Waals surface area (Å²) in [5.41, 5.74) is 1.87. The first-order chi connectivity index (χ1) is 9.55. The van der Waals surface area contributed by atoms with E-state index >= 15 is 0 Å². The highest BCUT2D eigenvalue weighted by Crippen LogP contribution is 2.50. The molecule has 4 nitrogen and oxygen atoms in total. The normalized spacial score (nSPS) is 15.0. The first-order valence-electron chi connectivity index (χ1n) is 7.10. The van der Waals surface area contributed by atoms with Gasteiger partial charge in [0, 0.05) is 20.1 Å². The van der Waals surface area contributed by atoms with E-state index in [0.717, 1.165) is 42.8 Å². The molecule has 1 amide bonds. The van der Waals surface area contributed by atoms with E-state index in [1.54, 1.807) is 7.11 Å². The Morgan fingerprint density at radius 2 is 2.10 bits per heavy atom. The average Bonchev–Trinajstić information content (AvgIpc) is 3.26. The number of hydrogen-bond donors (Lipinski definition) is 1. The molecular weight excluding hydrogens is 288 g/mol. The fraction of sp³-hybridized carbons (Fsp3) is 0.562. The molecule has 0 radical (unpaired) electrons. The number of likely N-dealkylation sites (N-methyl/N-ethyl adjacent to an activating group) is 2. The SMILES string of the molecule is CNCCN(C)C(=O)C1(c2ccc(C)c(OC)c2)CC1.Cl. The van der Waals surface area contributed by atoms with Crippen molar-refractivity contribution in [2.24, 2.45) is 0 Å². The van der Waals surface area contributed by atoms with Crippen LogP contribution in [0.5, 0.6) is 5.75 Å². The van der Waals surface area contributed by atoms with Crippen molar-refractivity contribution in [3.63, 3.8) is 0 Å². The van der Waals surface area contributed by atoms with Gasteiger partial charge in [0.1, 0.15) is 5.75 Å². The topological polar surface area (TPSA) is 41.6 Å². The van der Waals surface area contributed by atoms with Crippen molar-refractivity contribution >= 4 is 18.3 Å². The summed E-state index contributed by atoms with van der Waals surface area (Å²) in [5, 5.41) is 3.08. The molecule has 0 aliphatic heterocycles. The molecule has 1 saturated carbocycles. The van der Waals surface area contributed by atoms with Crippen LogP contribution in [0.3, 0.4) is 0 Å². The molecular formula is C16H25ClN2O2. The van der Waals surface area contributed by atoms with Gasteiger partial charge in [0.2, 0.25) is 5.91 Å². The monoisotopic (exact) mass is 312 g/mol. The van der Waals surface area contributed by atoms with Gasteiger partial charge in [-0.3, -0.25) is 4.79 Å². The predicted molar refractivity (Wildman–Crippen MR) is 87.5 cm³/mol. The van der Waals surface area contributed by atoms with Gasteiger partial charge in [0.15, 0.2) is 0 Å². The fourth-order valence-corrected chi connectivity index (χ4v) is 2.62. The van der Waals surface area contributed by atoms with E-state index in [1.165, 1.54) is 0 Å². The van der Waals surface area contributed by atoms with Crippen LogP contribution >= 0.6 is 12.4 Å². The zero-order valence-corrected chi connectivity index (χ0v) is 14.0. The first-order valence-corrected chi connectivity index (χ1v) is 7.10. The van der Waals surface area contributed by atoms with Crippen LogP contribution in [0, 0.1) is 6.92 Å². The summed E-state index contributed by atoms with van der Waals surface area (Å²) >= 11 is 0. The van der Waals surface area contributed by atoms with Crippen LogP contribution in [0.2, 0.25) is 0 Å². The summed E-state index contributed by atoms with van der Waals surface area (Å²) in [5.74, 6) is 1.08. The van der Waals surface area contributed by atoms with E-state index in [0.29, 0.717) is 0 Å². The lowest BCUT2D eigenvalue weighted by Gasteiger charge is -2.24. The second-order valence-corrected chi connectivity index (χ2v) is 5.60. The third-order valence-corrected chi connectivity index (χ3v) is 4.16. The zero-order chi connectivity index (χ0) is 14.8. The molecule has 1 aromatic rings. The summed E-state index contributed by atoms with van der Waals surface area (Å²) in [6.45, 7) is 3.57. The highest BCUT2D eigenvalue weighted by molar-refractivity contribution is 5.91. The first kappa shape index (κ1) is 17.8. The van der Waals surface area contributed by atoms with Crippen molar-refractivity contribution < 1.29 is 9.53 Å². The van der Waals surface area contributed by atoms with Gasteiger partial charge >= 0.3 is 0 Å². The lowest BCUT2D eigenvalue weighted by Crippen LogP contribution is -2.39. The second kappa shape index (κ2) is 7.14. The molecule has 0 atom stereocenters. The van der Waals surface area contributed by atoms with E-state index in [2.05, 4.69) is 11.4 Å². The van der Waals surface area contributed by atoms with Gasteiger partial charge in [-0.2, -0.15) is 0 Å². The third kappa shape index (κ3) is 3.50. The molecule has 1 aliphatic carbocycles. The number of halogens is 1. The smallest absolute Gasteiger partial charge is 0.233 e.